The number of aromatic nitrogens is 1. The molecule has 1 aliphatic heterocycles. The van der Waals surface area contributed by atoms with Gasteiger partial charge in [-0.05, 0) is 53.6 Å². The number of nitrogens with one attached hydrogen (secondary N) is 1. The van der Waals surface area contributed by atoms with Crippen LogP contribution in [-0.2, 0) is 4.79 Å². The number of ether oxygens (including phenoxy) is 1. The van der Waals surface area contributed by atoms with Gasteiger partial charge in [0.15, 0.2) is 6.61 Å². The fourth-order valence-corrected chi connectivity index (χ4v) is 3.15. The van der Waals surface area contributed by atoms with Gasteiger partial charge in [-0.1, -0.05) is 12.1 Å². The smallest absolute Gasteiger partial charge is 0.265 e. The number of hydrogen-bond donors (Lipinski definition) is 2. The van der Waals surface area contributed by atoms with Gasteiger partial charge in [-0.25, -0.2) is 9.37 Å². The summed E-state index contributed by atoms with van der Waals surface area (Å²) >= 11 is 0. The van der Waals surface area contributed by atoms with Gasteiger partial charge < -0.3 is 20.7 Å². The quantitative estimate of drug-likeness (QED) is 0.712. The molecule has 7 heteroatoms. The van der Waals surface area contributed by atoms with E-state index in [1.165, 1.54) is 12.1 Å². The van der Waals surface area contributed by atoms with Crippen molar-refractivity contribution in [3.05, 3.63) is 66.6 Å². The van der Waals surface area contributed by atoms with Crippen molar-refractivity contribution in [1.82, 2.24) is 4.98 Å². The number of nitrogens with two attached hydrogens (primary N) is 1. The van der Waals surface area contributed by atoms with E-state index in [0.29, 0.717) is 36.0 Å². The number of amides is 1. The highest BCUT2D eigenvalue weighted by molar-refractivity contribution is 5.98. The molecule has 0 saturated carbocycles. The van der Waals surface area contributed by atoms with Gasteiger partial charge in [0.2, 0.25) is 0 Å². The van der Waals surface area contributed by atoms with Crippen molar-refractivity contribution >= 4 is 23.1 Å². The summed E-state index contributed by atoms with van der Waals surface area (Å²) in [6.45, 7) is 0.817. The second-order valence-corrected chi connectivity index (χ2v) is 6.37. The number of carbonyl (C=O) groups excluding carboxylic acids is 1. The van der Waals surface area contributed by atoms with Crippen LogP contribution in [0.2, 0.25) is 0 Å². The van der Waals surface area contributed by atoms with E-state index in [1.54, 1.807) is 23.2 Å². The van der Waals surface area contributed by atoms with Crippen molar-refractivity contribution in [3.63, 3.8) is 0 Å². The van der Waals surface area contributed by atoms with E-state index < -0.39 is 0 Å². The Kier molecular flexibility index (Phi) is 4.90. The molecule has 2 aromatic carbocycles. The summed E-state index contributed by atoms with van der Waals surface area (Å²) in [6.07, 6.45) is 1.68. The lowest BCUT2D eigenvalue weighted by Crippen LogP contribution is -2.41. The Morgan fingerprint density at radius 1 is 1.14 bits per heavy atom. The highest BCUT2D eigenvalue weighted by atomic mass is 19.1. The molecule has 0 unspecified atom stereocenters. The maximum absolute atomic E-state index is 13.4. The number of benzene rings is 2. The van der Waals surface area contributed by atoms with Crippen molar-refractivity contribution in [2.24, 2.45) is 5.73 Å². The molecule has 1 aliphatic rings. The van der Waals surface area contributed by atoms with Crippen LogP contribution < -0.4 is 20.7 Å². The fourth-order valence-electron chi connectivity index (χ4n) is 3.15. The Morgan fingerprint density at radius 2 is 2.00 bits per heavy atom. The zero-order valence-corrected chi connectivity index (χ0v) is 15.1. The molecular weight excluding hydrogens is 359 g/mol. The lowest BCUT2D eigenvalue weighted by Gasteiger charge is -2.29. The van der Waals surface area contributed by atoms with Gasteiger partial charge in [0, 0.05) is 25.0 Å². The first-order valence-electron chi connectivity index (χ1n) is 8.90. The Labute approximate surface area is 161 Å². The molecule has 28 heavy (non-hydrogen) atoms. The maximum atomic E-state index is 13.4. The van der Waals surface area contributed by atoms with Crippen LogP contribution in [0.25, 0.3) is 11.1 Å². The fraction of sp³-hybridized carbons (Fsp3) is 0.143. The molecule has 1 amide bonds. The van der Waals surface area contributed by atoms with Crippen LogP contribution in [0.3, 0.4) is 0 Å². The van der Waals surface area contributed by atoms with Crippen molar-refractivity contribution in [3.8, 4) is 16.9 Å². The maximum Gasteiger partial charge on any atom is 0.265 e. The molecule has 6 nitrogen and oxygen atoms in total. The molecule has 4 rings (SSSR count). The number of anilines is 3. The highest BCUT2D eigenvalue weighted by Crippen LogP contribution is 2.36. The largest absolute Gasteiger partial charge is 0.482 e. The Bertz CT molecular complexity index is 1020. The number of hydrogen-bond acceptors (Lipinski definition) is 5. The molecule has 0 aliphatic carbocycles. The standard InChI is InChI=1S/C21H19FN4O2/c22-16-2-1-3-17(12-16)25-20-11-15(6-8-24-20)14-4-5-19-18(10-14)26(9-7-23)21(27)13-28-19/h1-6,8,10-12H,7,9,13,23H2,(H,24,25). The molecule has 0 bridgehead atoms. The SMILES string of the molecule is NCCN1C(=O)COc2ccc(-c3ccnc(Nc4cccc(F)c4)c3)cc21. The minimum Gasteiger partial charge on any atom is -0.482 e. The van der Waals surface area contributed by atoms with Crippen LogP contribution in [-0.4, -0.2) is 30.6 Å². The van der Waals surface area contributed by atoms with Gasteiger partial charge in [0.25, 0.3) is 5.91 Å². The Hall–Kier alpha value is -3.45. The Balaban J connectivity index is 1.65. The van der Waals surface area contributed by atoms with Crippen LogP contribution in [0.1, 0.15) is 0 Å². The molecule has 2 heterocycles. The molecular formula is C21H19FN4O2. The topological polar surface area (TPSA) is 80.5 Å². The predicted octanol–water partition coefficient (Wildman–Crippen LogP) is 3.32. The average molecular weight is 378 g/mol. The molecule has 0 fully saturated rings. The van der Waals surface area contributed by atoms with Crippen molar-refractivity contribution in [2.75, 3.05) is 29.9 Å². The van der Waals surface area contributed by atoms with E-state index in [1.807, 2.05) is 30.3 Å². The van der Waals surface area contributed by atoms with Gasteiger partial charge in [0.1, 0.15) is 17.4 Å². The van der Waals surface area contributed by atoms with Gasteiger partial charge in [-0.2, -0.15) is 0 Å². The second-order valence-electron chi connectivity index (χ2n) is 6.37. The first kappa shape index (κ1) is 17.9. The highest BCUT2D eigenvalue weighted by Gasteiger charge is 2.25. The summed E-state index contributed by atoms with van der Waals surface area (Å²) in [5.41, 5.74) is 8.78. The van der Waals surface area contributed by atoms with Crippen molar-refractivity contribution in [2.45, 2.75) is 0 Å². The lowest BCUT2D eigenvalue weighted by molar-refractivity contribution is -0.121. The van der Waals surface area contributed by atoms with Crippen LogP contribution in [0.15, 0.2) is 60.8 Å². The third kappa shape index (κ3) is 3.65. The number of nitrogens with zero attached hydrogens (tertiary/aromatic N) is 2. The predicted molar refractivity (Wildman–Crippen MR) is 106 cm³/mol. The minimum absolute atomic E-state index is 0.0172. The van der Waals surface area contributed by atoms with E-state index >= 15 is 0 Å². The van der Waals surface area contributed by atoms with Gasteiger partial charge >= 0.3 is 0 Å². The summed E-state index contributed by atoms with van der Waals surface area (Å²) in [7, 11) is 0. The molecule has 3 aromatic rings. The van der Waals surface area contributed by atoms with Crippen LogP contribution in [0.5, 0.6) is 5.75 Å². The third-order valence-electron chi connectivity index (χ3n) is 4.44. The number of halogens is 1. The van der Waals surface area contributed by atoms with Crippen LogP contribution in [0, 0.1) is 5.82 Å². The Morgan fingerprint density at radius 3 is 2.82 bits per heavy atom. The van der Waals surface area contributed by atoms with Gasteiger partial charge in [-0.15, -0.1) is 0 Å². The van der Waals surface area contributed by atoms with E-state index in [0.717, 1.165) is 11.1 Å². The number of carbonyl (C=O) groups is 1. The van der Waals surface area contributed by atoms with Crippen molar-refractivity contribution < 1.29 is 13.9 Å². The molecule has 3 N–H and O–H groups in total. The minimum atomic E-state index is -0.319. The van der Waals surface area contributed by atoms with Gasteiger partial charge in [-0.3, -0.25) is 4.79 Å². The second kappa shape index (κ2) is 7.66. The van der Waals surface area contributed by atoms with Crippen molar-refractivity contribution in [1.29, 1.82) is 0 Å². The zero-order valence-electron chi connectivity index (χ0n) is 15.1. The summed E-state index contributed by atoms with van der Waals surface area (Å²) in [6, 6.07) is 15.6. The normalized spacial score (nSPS) is 13.1. The summed E-state index contributed by atoms with van der Waals surface area (Å²) < 4.78 is 18.9. The van der Waals surface area contributed by atoms with E-state index in [-0.39, 0.29) is 18.3 Å². The van der Waals surface area contributed by atoms with Gasteiger partial charge in [0.05, 0.1) is 5.69 Å². The zero-order chi connectivity index (χ0) is 19.5. The molecule has 0 radical (unpaired) electrons. The molecule has 142 valence electrons. The summed E-state index contributed by atoms with van der Waals surface area (Å²) in [5, 5.41) is 3.10. The first-order chi connectivity index (χ1) is 13.6. The van der Waals surface area contributed by atoms with Crippen LogP contribution in [0.4, 0.5) is 21.6 Å². The van der Waals surface area contributed by atoms with E-state index in [9.17, 15) is 9.18 Å². The molecule has 0 atom stereocenters. The summed E-state index contributed by atoms with van der Waals surface area (Å²) in [5.74, 6) is 0.815. The summed E-state index contributed by atoms with van der Waals surface area (Å²) in [4.78, 5) is 18.1. The number of fused-ring (bicyclic) bond motifs is 1. The third-order valence-corrected chi connectivity index (χ3v) is 4.44. The monoisotopic (exact) mass is 378 g/mol. The lowest BCUT2D eigenvalue weighted by atomic mass is 10.0. The van der Waals surface area contributed by atoms with E-state index in [2.05, 4.69) is 10.3 Å². The van der Waals surface area contributed by atoms with E-state index in [4.69, 9.17) is 10.5 Å². The number of rotatable bonds is 5. The molecule has 0 saturated heterocycles. The first-order valence-corrected chi connectivity index (χ1v) is 8.90. The molecule has 0 spiro atoms. The molecule has 1 aromatic heterocycles. The number of pyridine rings is 1. The average Bonchev–Trinajstić information content (AvgIpc) is 2.70. The van der Waals surface area contributed by atoms with Crippen LogP contribution >= 0.6 is 0 Å².